The van der Waals surface area contributed by atoms with Crippen LogP contribution in [0.2, 0.25) is 0 Å². The van der Waals surface area contributed by atoms with Crippen LogP contribution in [0.25, 0.3) is 10.2 Å². The van der Waals surface area contributed by atoms with Crippen LogP contribution in [0.15, 0.2) is 52.4 Å². The Morgan fingerprint density at radius 1 is 1.14 bits per heavy atom. The van der Waals surface area contributed by atoms with E-state index in [1.54, 1.807) is 19.1 Å². The Bertz CT molecular complexity index is 1170. The number of nitrogens with zero attached hydrogens (tertiary/aromatic N) is 2. The smallest absolute Gasteiger partial charge is 0.252 e. The predicted octanol–water partition coefficient (Wildman–Crippen LogP) is 3.10. The lowest BCUT2D eigenvalue weighted by Gasteiger charge is -2.05. The highest BCUT2D eigenvalue weighted by Crippen LogP contribution is 2.26. The molecule has 0 spiro atoms. The van der Waals surface area contributed by atoms with Crippen molar-refractivity contribution in [3.05, 3.63) is 52.8 Å². The minimum atomic E-state index is -3.24. The second-order valence-electron chi connectivity index (χ2n) is 6.21. The maximum Gasteiger partial charge on any atom is 0.252 e. The molecule has 0 aliphatic rings. The average molecular weight is 419 g/mol. The molecule has 3 rings (SSSR count). The predicted molar refractivity (Wildman–Crippen MR) is 110 cm³/mol. The lowest BCUT2D eigenvalue weighted by atomic mass is 10.1. The lowest BCUT2D eigenvalue weighted by molar-refractivity contribution is -0.117. The van der Waals surface area contributed by atoms with E-state index in [1.165, 1.54) is 23.5 Å². The van der Waals surface area contributed by atoms with E-state index in [9.17, 15) is 13.2 Å². The molecule has 6 nitrogen and oxygen atoms in total. The molecule has 1 heterocycles. The van der Waals surface area contributed by atoms with Gasteiger partial charge in [-0.05, 0) is 36.8 Å². The molecule has 0 unspecified atom stereocenters. The molecule has 0 saturated heterocycles. The minimum absolute atomic E-state index is 0.0484. The number of rotatable bonds is 6. The van der Waals surface area contributed by atoms with Gasteiger partial charge in [0.05, 0.1) is 28.4 Å². The van der Waals surface area contributed by atoms with Gasteiger partial charge in [0.1, 0.15) is 11.3 Å². The fourth-order valence-corrected chi connectivity index (χ4v) is 4.79. The van der Waals surface area contributed by atoms with Crippen LogP contribution in [0.3, 0.4) is 0 Å². The number of sulfone groups is 1. The number of hydrogen-bond acceptors (Lipinski definition) is 5. The molecule has 0 fully saturated rings. The van der Waals surface area contributed by atoms with Gasteiger partial charge in [0.25, 0.3) is 5.91 Å². The first-order valence-electron chi connectivity index (χ1n) is 8.96. The van der Waals surface area contributed by atoms with Gasteiger partial charge in [-0.2, -0.15) is 4.99 Å². The van der Waals surface area contributed by atoms with Crippen molar-refractivity contribution in [1.29, 1.82) is 0 Å². The summed E-state index contributed by atoms with van der Waals surface area (Å²) in [5, 5.41) is 0. The van der Waals surface area contributed by atoms with Crippen LogP contribution < -0.4 is 9.54 Å². The van der Waals surface area contributed by atoms with Crippen molar-refractivity contribution in [2.45, 2.75) is 25.2 Å². The number of benzene rings is 2. The number of para-hydroxylation sites is 1. The fraction of sp³-hybridized carbons (Fsp3) is 0.300. The molecule has 0 atom stereocenters. The molecule has 8 heteroatoms. The van der Waals surface area contributed by atoms with E-state index in [0.717, 1.165) is 21.5 Å². The number of aryl methyl sites for hydroxylation is 1. The summed E-state index contributed by atoms with van der Waals surface area (Å²) >= 11 is 1.43. The Morgan fingerprint density at radius 3 is 2.50 bits per heavy atom. The Hall–Kier alpha value is -2.45. The Labute approximate surface area is 168 Å². The summed E-state index contributed by atoms with van der Waals surface area (Å²) < 4.78 is 32.3. The lowest BCUT2D eigenvalue weighted by Crippen LogP contribution is -2.14. The molecule has 2 aromatic carbocycles. The number of fused-ring (bicyclic) bond motifs is 1. The summed E-state index contributed by atoms with van der Waals surface area (Å²) in [6.45, 7) is 4.09. The zero-order chi connectivity index (χ0) is 20.3. The zero-order valence-electron chi connectivity index (χ0n) is 16.0. The third-order valence-electron chi connectivity index (χ3n) is 4.32. The van der Waals surface area contributed by atoms with Gasteiger partial charge in [-0.25, -0.2) is 8.42 Å². The zero-order valence-corrected chi connectivity index (χ0v) is 17.6. The summed E-state index contributed by atoms with van der Waals surface area (Å²) in [5.41, 5.74) is 1.64. The number of thiazole rings is 1. The van der Waals surface area contributed by atoms with Crippen molar-refractivity contribution >= 4 is 37.3 Å². The van der Waals surface area contributed by atoms with Crippen molar-refractivity contribution < 1.29 is 17.9 Å². The molecular formula is C20H22N2O4S2. The molecule has 0 aliphatic heterocycles. The quantitative estimate of drug-likeness (QED) is 0.616. The van der Waals surface area contributed by atoms with Crippen molar-refractivity contribution in [2.24, 2.45) is 12.0 Å². The normalized spacial score (nSPS) is 12.5. The highest BCUT2D eigenvalue weighted by molar-refractivity contribution is 7.91. The standard InChI is InChI=1S/C20H22N2O4S2/c1-4-26-16-7-6-8-17-19(16)22(3)20(27-17)21-18(23)13-14-9-11-15(12-10-14)28(24,25)5-2/h6-12H,4-5,13H2,1-3H3. The first-order chi connectivity index (χ1) is 13.4. The first kappa shape index (κ1) is 20.3. The van der Waals surface area contributed by atoms with E-state index in [0.29, 0.717) is 11.4 Å². The highest BCUT2D eigenvalue weighted by Gasteiger charge is 2.13. The van der Waals surface area contributed by atoms with Crippen molar-refractivity contribution in [3.63, 3.8) is 0 Å². The fourth-order valence-electron chi connectivity index (χ4n) is 2.85. The molecule has 28 heavy (non-hydrogen) atoms. The van der Waals surface area contributed by atoms with Crippen LogP contribution in [-0.4, -0.2) is 31.3 Å². The first-order valence-corrected chi connectivity index (χ1v) is 11.4. The molecule has 1 aromatic heterocycles. The van der Waals surface area contributed by atoms with Crippen LogP contribution in [0.1, 0.15) is 19.4 Å². The minimum Gasteiger partial charge on any atom is -0.492 e. The highest BCUT2D eigenvalue weighted by atomic mass is 32.2. The third-order valence-corrected chi connectivity index (χ3v) is 7.17. The Balaban J connectivity index is 1.87. The van der Waals surface area contributed by atoms with E-state index in [1.807, 2.05) is 36.7 Å². The van der Waals surface area contributed by atoms with Gasteiger partial charge in [-0.3, -0.25) is 4.79 Å². The van der Waals surface area contributed by atoms with Crippen LogP contribution >= 0.6 is 11.3 Å². The van der Waals surface area contributed by atoms with Gasteiger partial charge in [0.15, 0.2) is 14.6 Å². The maximum absolute atomic E-state index is 12.4. The summed E-state index contributed by atoms with van der Waals surface area (Å²) in [6, 6.07) is 12.2. The molecule has 0 aliphatic carbocycles. The van der Waals surface area contributed by atoms with Gasteiger partial charge >= 0.3 is 0 Å². The van der Waals surface area contributed by atoms with Gasteiger partial charge in [0.2, 0.25) is 0 Å². The van der Waals surface area contributed by atoms with E-state index in [-0.39, 0.29) is 23.0 Å². The maximum atomic E-state index is 12.4. The van der Waals surface area contributed by atoms with Gasteiger partial charge in [0, 0.05) is 7.05 Å². The van der Waals surface area contributed by atoms with Crippen LogP contribution in [0, 0.1) is 0 Å². The number of aromatic nitrogens is 1. The summed E-state index contributed by atoms with van der Waals surface area (Å²) in [7, 11) is -1.38. The van der Waals surface area contributed by atoms with E-state index in [4.69, 9.17) is 4.74 Å². The second-order valence-corrected chi connectivity index (χ2v) is 9.50. The van der Waals surface area contributed by atoms with E-state index in [2.05, 4.69) is 4.99 Å². The van der Waals surface area contributed by atoms with Gasteiger partial charge < -0.3 is 9.30 Å². The number of hydrogen-bond donors (Lipinski definition) is 0. The van der Waals surface area contributed by atoms with Crippen LogP contribution in [-0.2, 0) is 28.1 Å². The second kappa shape index (κ2) is 8.28. The number of carbonyl (C=O) groups excluding carboxylic acids is 1. The van der Waals surface area contributed by atoms with Gasteiger partial charge in [-0.15, -0.1) is 0 Å². The van der Waals surface area contributed by atoms with E-state index < -0.39 is 9.84 Å². The molecule has 0 bridgehead atoms. The number of amides is 1. The molecule has 3 aromatic rings. The van der Waals surface area contributed by atoms with Crippen LogP contribution in [0.4, 0.5) is 0 Å². The molecule has 0 radical (unpaired) electrons. The Morgan fingerprint density at radius 2 is 1.86 bits per heavy atom. The molecule has 148 valence electrons. The molecule has 0 saturated carbocycles. The number of carbonyl (C=O) groups is 1. The van der Waals surface area contributed by atoms with Gasteiger partial charge in [-0.1, -0.05) is 36.5 Å². The summed E-state index contributed by atoms with van der Waals surface area (Å²) in [5.74, 6) is 0.527. The Kier molecular flexibility index (Phi) is 6.00. The largest absolute Gasteiger partial charge is 0.492 e. The monoisotopic (exact) mass is 418 g/mol. The summed E-state index contributed by atoms with van der Waals surface area (Å²) in [6.07, 6.45) is 0.110. The number of ether oxygens (including phenoxy) is 1. The molecular weight excluding hydrogens is 396 g/mol. The van der Waals surface area contributed by atoms with E-state index >= 15 is 0 Å². The average Bonchev–Trinajstić information content (AvgIpc) is 2.99. The summed E-state index contributed by atoms with van der Waals surface area (Å²) in [4.78, 5) is 17.5. The van der Waals surface area contributed by atoms with Crippen molar-refractivity contribution in [1.82, 2.24) is 4.57 Å². The van der Waals surface area contributed by atoms with Crippen LogP contribution in [0.5, 0.6) is 5.75 Å². The third kappa shape index (κ3) is 4.18. The topological polar surface area (TPSA) is 77.7 Å². The van der Waals surface area contributed by atoms with Crippen molar-refractivity contribution in [2.75, 3.05) is 12.4 Å². The molecule has 0 N–H and O–H groups in total. The molecule has 1 amide bonds. The van der Waals surface area contributed by atoms with Crippen molar-refractivity contribution in [3.8, 4) is 5.75 Å². The SMILES string of the molecule is CCOc1cccc2sc(=NC(=O)Cc3ccc(S(=O)(=O)CC)cc3)n(C)c12.